The van der Waals surface area contributed by atoms with Crippen LogP contribution in [0.4, 0.5) is 11.6 Å². The van der Waals surface area contributed by atoms with Crippen LogP contribution in [0.15, 0.2) is 53.7 Å². The number of para-hydroxylation sites is 1. The van der Waals surface area contributed by atoms with Crippen molar-refractivity contribution < 1.29 is 14.3 Å². The van der Waals surface area contributed by atoms with Crippen molar-refractivity contribution in [1.29, 1.82) is 0 Å². The molecule has 5 rings (SSSR count). The number of ketones is 1. The summed E-state index contributed by atoms with van der Waals surface area (Å²) in [5.41, 5.74) is 4.28. The second-order valence-corrected chi connectivity index (χ2v) is 10.1. The molecule has 8 nitrogen and oxygen atoms in total. The minimum Gasteiger partial charge on any atom is -0.493 e. The van der Waals surface area contributed by atoms with E-state index in [2.05, 4.69) is 19.2 Å². The second-order valence-electron chi connectivity index (χ2n) is 10.1. The van der Waals surface area contributed by atoms with Crippen molar-refractivity contribution in [2.24, 2.45) is 5.41 Å². The Morgan fingerprint density at radius 2 is 1.80 bits per heavy atom. The quantitative estimate of drug-likeness (QED) is 0.576. The molecule has 182 valence electrons. The van der Waals surface area contributed by atoms with Crippen molar-refractivity contribution in [3.8, 4) is 22.9 Å². The standard InChI is InChI=1S/C27H31N5O3/c1-27(2)14-19-22(20(33)15-27)23(18-8-7-9-21(34-5)24(18)35-6)32-26(28-19)29-25(30-32)16-10-12-17(13-11-16)31(3)4/h7-13,23H,14-15H2,1-6H3,(H,28,29,30). The van der Waals surface area contributed by atoms with Gasteiger partial charge < -0.3 is 19.7 Å². The second kappa shape index (κ2) is 8.45. The van der Waals surface area contributed by atoms with Gasteiger partial charge in [-0.15, -0.1) is 5.10 Å². The lowest BCUT2D eigenvalue weighted by Gasteiger charge is -2.38. The molecule has 2 aliphatic rings. The summed E-state index contributed by atoms with van der Waals surface area (Å²) in [7, 11) is 7.24. The van der Waals surface area contributed by atoms with Gasteiger partial charge >= 0.3 is 0 Å². The summed E-state index contributed by atoms with van der Waals surface area (Å²) in [5, 5.41) is 8.33. The maximum atomic E-state index is 13.5. The number of nitrogens with zero attached hydrogens (tertiary/aromatic N) is 4. The Balaban J connectivity index is 1.69. The third-order valence-corrected chi connectivity index (χ3v) is 6.70. The smallest absolute Gasteiger partial charge is 0.226 e. The number of hydrogen-bond donors (Lipinski definition) is 1. The molecular weight excluding hydrogens is 442 g/mol. The van der Waals surface area contributed by atoms with Gasteiger partial charge in [-0.25, -0.2) is 4.68 Å². The van der Waals surface area contributed by atoms with Gasteiger partial charge in [0.2, 0.25) is 5.95 Å². The first-order valence-corrected chi connectivity index (χ1v) is 11.7. The molecule has 0 saturated carbocycles. The van der Waals surface area contributed by atoms with Crippen LogP contribution in [0, 0.1) is 5.41 Å². The zero-order valence-electron chi connectivity index (χ0n) is 21.0. The molecule has 0 bridgehead atoms. The first kappa shape index (κ1) is 23.0. The Kier molecular flexibility index (Phi) is 5.54. The molecule has 2 aromatic carbocycles. The van der Waals surface area contributed by atoms with E-state index in [1.54, 1.807) is 14.2 Å². The highest BCUT2D eigenvalue weighted by Gasteiger charge is 2.43. The fourth-order valence-corrected chi connectivity index (χ4v) is 5.05. The molecule has 3 aromatic rings. The van der Waals surface area contributed by atoms with E-state index in [-0.39, 0.29) is 11.2 Å². The van der Waals surface area contributed by atoms with Crippen LogP contribution in [0.25, 0.3) is 11.4 Å². The van der Waals surface area contributed by atoms with Crippen LogP contribution < -0.4 is 19.7 Å². The number of benzene rings is 2. The number of ether oxygens (including phenoxy) is 2. The molecule has 0 spiro atoms. The minimum absolute atomic E-state index is 0.108. The number of Topliss-reactive ketones (excluding diaryl/α,β-unsaturated/α-hetero) is 1. The maximum absolute atomic E-state index is 13.5. The number of allylic oxidation sites excluding steroid dienone is 2. The highest BCUT2D eigenvalue weighted by molar-refractivity contribution is 6.00. The molecule has 1 aliphatic heterocycles. The molecule has 0 fully saturated rings. The fourth-order valence-electron chi connectivity index (χ4n) is 5.05. The lowest BCUT2D eigenvalue weighted by Crippen LogP contribution is -2.36. The summed E-state index contributed by atoms with van der Waals surface area (Å²) in [5.74, 6) is 2.50. The molecule has 1 atom stereocenters. The molecule has 1 unspecified atom stereocenters. The first-order chi connectivity index (χ1) is 16.7. The van der Waals surface area contributed by atoms with Crippen molar-refractivity contribution in [2.45, 2.75) is 32.7 Å². The molecule has 2 heterocycles. The lowest BCUT2D eigenvalue weighted by atomic mass is 9.73. The minimum atomic E-state index is -0.475. The van der Waals surface area contributed by atoms with Gasteiger partial charge in [0.25, 0.3) is 0 Å². The molecule has 1 aromatic heterocycles. The summed E-state index contributed by atoms with van der Waals surface area (Å²) in [4.78, 5) is 20.4. The zero-order chi connectivity index (χ0) is 24.9. The lowest BCUT2D eigenvalue weighted by molar-refractivity contribution is -0.118. The van der Waals surface area contributed by atoms with E-state index in [0.29, 0.717) is 35.3 Å². The monoisotopic (exact) mass is 473 g/mol. The van der Waals surface area contributed by atoms with Crippen LogP contribution >= 0.6 is 0 Å². The van der Waals surface area contributed by atoms with Crippen LogP contribution in [-0.4, -0.2) is 48.9 Å². The average molecular weight is 474 g/mol. The van der Waals surface area contributed by atoms with Crippen LogP contribution in [0.2, 0.25) is 0 Å². The third kappa shape index (κ3) is 3.92. The number of methoxy groups -OCH3 is 2. The number of anilines is 2. The Labute approximate surface area is 205 Å². The Bertz CT molecular complexity index is 1320. The number of aromatic nitrogens is 3. The van der Waals surface area contributed by atoms with Gasteiger partial charge in [-0.1, -0.05) is 26.0 Å². The number of hydrogen-bond acceptors (Lipinski definition) is 7. The van der Waals surface area contributed by atoms with E-state index in [4.69, 9.17) is 19.6 Å². The van der Waals surface area contributed by atoms with Crippen LogP contribution in [-0.2, 0) is 4.79 Å². The van der Waals surface area contributed by atoms with Gasteiger partial charge in [-0.2, -0.15) is 4.98 Å². The first-order valence-electron chi connectivity index (χ1n) is 11.7. The topological polar surface area (TPSA) is 81.5 Å². The molecule has 1 N–H and O–H groups in total. The van der Waals surface area contributed by atoms with Gasteiger partial charge in [0.15, 0.2) is 23.1 Å². The summed E-state index contributed by atoms with van der Waals surface area (Å²) in [6.45, 7) is 4.24. The Morgan fingerprint density at radius 1 is 1.06 bits per heavy atom. The van der Waals surface area contributed by atoms with Crippen molar-refractivity contribution in [1.82, 2.24) is 14.8 Å². The van der Waals surface area contributed by atoms with E-state index in [9.17, 15) is 4.79 Å². The summed E-state index contributed by atoms with van der Waals surface area (Å²) >= 11 is 0. The van der Waals surface area contributed by atoms with Gasteiger partial charge in [0.05, 0.1) is 14.2 Å². The number of carbonyl (C=O) groups is 1. The predicted molar refractivity (Wildman–Crippen MR) is 136 cm³/mol. The molecule has 8 heteroatoms. The largest absolute Gasteiger partial charge is 0.493 e. The Morgan fingerprint density at radius 3 is 2.46 bits per heavy atom. The van der Waals surface area contributed by atoms with E-state index in [1.165, 1.54) is 0 Å². The summed E-state index contributed by atoms with van der Waals surface area (Å²) in [6.07, 6.45) is 1.22. The van der Waals surface area contributed by atoms with Gasteiger partial charge in [-0.3, -0.25) is 4.79 Å². The average Bonchev–Trinajstić information content (AvgIpc) is 3.25. The maximum Gasteiger partial charge on any atom is 0.226 e. The van der Waals surface area contributed by atoms with E-state index >= 15 is 0 Å². The fraction of sp³-hybridized carbons (Fsp3) is 0.370. The Hall–Kier alpha value is -3.81. The summed E-state index contributed by atoms with van der Waals surface area (Å²) < 4.78 is 13.1. The molecule has 0 saturated heterocycles. The van der Waals surface area contributed by atoms with Gasteiger partial charge in [0, 0.05) is 48.6 Å². The van der Waals surface area contributed by atoms with Crippen molar-refractivity contribution in [3.05, 3.63) is 59.3 Å². The normalized spacial score (nSPS) is 18.5. The summed E-state index contributed by atoms with van der Waals surface area (Å²) in [6, 6.07) is 13.4. The highest BCUT2D eigenvalue weighted by atomic mass is 16.5. The molecular formula is C27H31N5O3. The number of carbonyl (C=O) groups excluding carboxylic acids is 1. The van der Waals surface area contributed by atoms with Crippen molar-refractivity contribution >= 4 is 17.4 Å². The van der Waals surface area contributed by atoms with Crippen LogP contribution in [0.5, 0.6) is 11.5 Å². The van der Waals surface area contributed by atoms with Crippen LogP contribution in [0.1, 0.15) is 38.3 Å². The third-order valence-electron chi connectivity index (χ3n) is 6.70. The van der Waals surface area contributed by atoms with Crippen molar-refractivity contribution in [2.75, 3.05) is 38.5 Å². The number of rotatable bonds is 5. The molecule has 1 aliphatic carbocycles. The van der Waals surface area contributed by atoms with Crippen molar-refractivity contribution in [3.63, 3.8) is 0 Å². The number of nitrogens with one attached hydrogen (secondary N) is 1. The molecule has 0 amide bonds. The van der Waals surface area contributed by atoms with E-state index < -0.39 is 6.04 Å². The van der Waals surface area contributed by atoms with Gasteiger partial charge in [-0.05, 0) is 42.2 Å². The zero-order valence-corrected chi connectivity index (χ0v) is 21.0. The van der Waals surface area contributed by atoms with E-state index in [0.717, 1.165) is 28.9 Å². The van der Waals surface area contributed by atoms with E-state index in [1.807, 2.05) is 66.1 Å². The highest BCUT2D eigenvalue weighted by Crippen LogP contribution is 2.48. The SMILES string of the molecule is COc1cccc(C2C3=C(CC(C)(C)CC3=O)Nc3nc(-c4ccc(N(C)C)cc4)nn32)c1OC. The number of fused-ring (bicyclic) bond motifs is 1. The van der Waals surface area contributed by atoms with Gasteiger partial charge in [0.1, 0.15) is 6.04 Å². The predicted octanol–water partition coefficient (Wildman–Crippen LogP) is 4.69. The van der Waals surface area contributed by atoms with Crippen LogP contribution in [0.3, 0.4) is 0 Å². The molecule has 35 heavy (non-hydrogen) atoms. The molecule has 0 radical (unpaired) electrons.